The van der Waals surface area contributed by atoms with Crippen LogP contribution in [-0.4, -0.2) is 29.7 Å². The summed E-state index contributed by atoms with van der Waals surface area (Å²) in [5.41, 5.74) is 3.20. The van der Waals surface area contributed by atoms with Crippen LogP contribution in [0.15, 0.2) is 18.2 Å². The molecule has 1 amide bonds. The molecule has 0 spiro atoms. The van der Waals surface area contributed by atoms with Gasteiger partial charge >= 0.3 is 6.09 Å². The minimum atomic E-state index is -0.441. The van der Waals surface area contributed by atoms with Gasteiger partial charge in [0.15, 0.2) is 0 Å². The third kappa shape index (κ3) is 3.65. The van der Waals surface area contributed by atoms with Gasteiger partial charge in [-0.25, -0.2) is 4.79 Å². The number of fused-ring (bicyclic) bond motifs is 1. The first-order chi connectivity index (χ1) is 9.39. The van der Waals surface area contributed by atoms with Gasteiger partial charge in [-0.1, -0.05) is 6.07 Å². The summed E-state index contributed by atoms with van der Waals surface area (Å²) in [4.78, 5) is 13.9. The number of hydrogen-bond acceptors (Lipinski definition) is 3. The van der Waals surface area contributed by atoms with Gasteiger partial charge in [0.25, 0.3) is 0 Å². The van der Waals surface area contributed by atoms with E-state index in [9.17, 15) is 4.79 Å². The lowest BCUT2D eigenvalue weighted by atomic mass is 9.99. The molecule has 4 heteroatoms. The Labute approximate surface area is 121 Å². The van der Waals surface area contributed by atoms with Crippen molar-refractivity contribution in [3.63, 3.8) is 0 Å². The molecule has 1 aromatic carbocycles. The van der Waals surface area contributed by atoms with Crippen LogP contribution in [0.4, 0.5) is 10.5 Å². The molecule has 110 valence electrons. The molecular formula is C16H24N2O2. The van der Waals surface area contributed by atoms with Crippen LogP contribution >= 0.6 is 0 Å². The average molecular weight is 276 g/mol. The standard InChI is InChI=1S/C16H24N2O2/c1-5-17-14-7-6-12-8-9-18(11-13(12)10-14)15(19)20-16(2,3)4/h6-7,10,17H,5,8-9,11H2,1-4H3. The van der Waals surface area contributed by atoms with Crippen molar-refractivity contribution in [1.82, 2.24) is 4.90 Å². The summed E-state index contributed by atoms with van der Waals surface area (Å²) in [6, 6.07) is 6.39. The first kappa shape index (κ1) is 14.7. The second-order valence-electron chi connectivity index (χ2n) is 6.17. The molecule has 1 aromatic rings. The number of nitrogens with zero attached hydrogens (tertiary/aromatic N) is 1. The molecule has 0 bridgehead atoms. The number of carbonyl (C=O) groups is 1. The summed E-state index contributed by atoms with van der Waals surface area (Å²) < 4.78 is 5.44. The Hall–Kier alpha value is -1.71. The highest BCUT2D eigenvalue weighted by Crippen LogP contribution is 2.24. The summed E-state index contributed by atoms with van der Waals surface area (Å²) in [5.74, 6) is 0. The van der Waals surface area contributed by atoms with Crippen molar-refractivity contribution in [2.45, 2.75) is 46.3 Å². The molecule has 20 heavy (non-hydrogen) atoms. The monoisotopic (exact) mass is 276 g/mol. The lowest BCUT2D eigenvalue weighted by Gasteiger charge is -2.31. The Morgan fingerprint density at radius 2 is 2.10 bits per heavy atom. The van der Waals surface area contributed by atoms with Crippen LogP contribution < -0.4 is 5.32 Å². The van der Waals surface area contributed by atoms with Crippen LogP contribution in [0, 0.1) is 0 Å². The van der Waals surface area contributed by atoms with Crippen molar-refractivity contribution in [2.24, 2.45) is 0 Å². The molecular weight excluding hydrogens is 252 g/mol. The van der Waals surface area contributed by atoms with E-state index in [1.807, 2.05) is 20.8 Å². The lowest BCUT2D eigenvalue weighted by molar-refractivity contribution is 0.0224. The molecule has 4 nitrogen and oxygen atoms in total. The number of benzene rings is 1. The van der Waals surface area contributed by atoms with E-state index in [2.05, 4.69) is 30.4 Å². The Balaban J connectivity index is 2.09. The fraction of sp³-hybridized carbons (Fsp3) is 0.562. The van der Waals surface area contributed by atoms with E-state index < -0.39 is 5.60 Å². The number of rotatable bonds is 2. The number of hydrogen-bond donors (Lipinski definition) is 1. The third-order valence-corrected chi connectivity index (χ3v) is 3.25. The highest BCUT2D eigenvalue weighted by atomic mass is 16.6. The highest BCUT2D eigenvalue weighted by molar-refractivity contribution is 5.69. The van der Waals surface area contributed by atoms with Gasteiger partial charge < -0.3 is 15.0 Å². The van der Waals surface area contributed by atoms with Crippen LogP contribution in [0.2, 0.25) is 0 Å². The molecule has 0 saturated carbocycles. The maximum Gasteiger partial charge on any atom is 0.410 e. The lowest BCUT2D eigenvalue weighted by Crippen LogP contribution is -2.39. The number of ether oxygens (including phenoxy) is 1. The van der Waals surface area contributed by atoms with Crippen molar-refractivity contribution in [2.75, 3.05) is 18.4 Å². The van der Waals surface area contributed by atoms with E-state index in [1.54, 1.807) is 4.90 Å². The minimum absolute atomic E-state index is 0.225. The van der Waals surface area contributed by atoms with Gasteiger partial charge in [0.1, 0.15) is 5.60 Å². The normalized spacial score (nSPS) is 14.7. The Morgan fingerprint density at radius 3 is 2.75 bits per heavy atom. The molecule has 0 atom stereocenters. The fourth-order valence-corrected chi connectivity index (χ4v) is 2.35. The molecule has 1 heterocycles. The summed E-state index contributed by atoms with van der Waals surface area (Å²) >= 11 is 0. The molecule has 1 aliphatic heterocycles. The van der Waals surface area contributed by atoms with E-state index in [-0.39, 0.29) is 6.09 Å². The molecule has 2 rings (SSSR count). The van der Waals surface area contributed by atoms with Gasteiger partial charge in [-0.05, 0) is 57.4 Å². The van der Waals surface area contributed by atoms with Crippen molar-refractivity contribution in [1.29, 1.82) is 0 Å². The first-order valence-corrected chi connectivity index (χ1v) is 7.22. The zero-order valence-corrected chi connectivity index (χ0v) is 12.8. The van der Waals surface area contributed by atoms with Crippen molar-refractivity contribution >= 4 is 11.8 Å². The van der Waals surface area contributed by atoms with Crippen LogP contribution in [0.3, 0.4) is 0 Å². The first-order valence-electron chi connectivity index (χ1n) is 7.22. The van der Waals surface area contributed by atoms with Gasteiger partial charge in [-0.3, -0.25) is 0 Å². The van der Waals surface area contributed by atoms with Crippen molar-refractivity contribution in [3.05, 3.63) is 29.3 Å². The zero-order valence-electron chi connectivity index (χ0n) is 12.8. The van der Waals surface area contributed by atoms with Gasteiger partial charge in [0.2, 0.25) is 0 Å². The Bertz CT molecular complexity index is 492. The van der Waals surface area contributed by atoms with Crippen molar-refractivity contribution in [3.8, 4) is 0 Å². The van der Waals surface area contributed by atoms with Crippen molar-refractivity contribution < 1.29 is 9.53 Å². The summed E-state index contributed by atoms with van der Waals surface area (Å²) in [7, 11) is 0. The smallest absolute Gasteiger partial charge is 0.410 e. The number of carbonyl (C=O) groups excluding carboxylic acids is 1. The third-order valence-electron chi connectivity index (χ3n) is 3.25. The second-order valence-corrected chi connectivity index (χ2v) is 6.17. The molecule has 0 fully saturated rings. The maximum absolute atomic E-state index is 12.1. The van der Waals surface area contributed by atoms with E-state index in [0.29, 0.717) is 6.54 Å². The predicted molar refractivity (Wildman–Crippen MR) is 81.0 cm³/mol. The average Bonchev–Trinajstić information content (AvgIpc) is 2.36. The van der Waals surface area contributed by atoms with Gasteiger partial charge in [-0.2, -0.15) is 0 Å². The number of amides is 1. The van der Waals surface area contributed by atoms with Gasteiger partial charge in [-0.15, -0.1) is 0 Å². The highest BCUT2D eigenvalue weighted by Gasteiger charge is 2.25. The predicted octanol–water partition coefficient (Wildman–Crippen LogP) is 3.41. The molecule has 0 saturated heterocycles. The SMILES string of the molecule is CCNc1ccc2c(c1)CN(C(=O)OC(C)(C)C)CC2. The van der Waals surface area contributed by atoms with E-state index in [0.717, 1.165) is 25.2 Å². The van der Waals surface area contributed by atoms with Crippen LogP contribution in [0.25, 0.3) is 0 Å². The van der Waals surface area contributed by atoms with Gasteiger partial charge in [0, 0.05) is 25.3 Å². The maximum atomic E-state index is 12.1. The van der Waals surface area contributed by atoms with E-state index >= 15 is 0 Å². The van der Waals surface area contributed by atoms with E-state index in [4.69, 9.17) is 4.74 Å². The molecule has 1 aliphatic rings. The number of anilines is 1. The molecule has 1 N–H and O–H groups in total. The quantitative estimate of drug-likeness (QED) is 0.900. The Morgan fingerprint density at radius 1 is 1.35 bits per heavy atom. The molecule has 0 radical (unpaired) electrons. The zero-order chi connectivity index (χ0) is 14.8. The molecule has 0 unspecified atom stereocenters. The molecule has 0 aliphatic carbocycles. The summed E-state index contributed by atoms with van der Waals surface area (Å²) in [5, 5.41) is 3.31. The minimum Gasteiger partial charge on any atom is -0.444 e. The summed E-state index contributed by atoms with van der Waals surface area (Å²) in [6.07, 6.45) is 0.665. The topological polar surface area (TPSA) is 41.6 Å². The van der Waals surface area contributed by atoms with Crippen LogP contribution in [-0.2, 0) is 17.7 Å². The largest absolute Gasteiger partial charge is 0.444 e. The van der Waals surface area contributed by atoms with Crippen LogP contribution in [0.5, 0.6) is 0 Å². The number of nitrogens with one attached hydrogen (secondary N) is 1. The summed E-state index contributed by atoms with van der Waals surface area (Å²) in [6.45, 7) is 10.0. The van der Waals surface area contributed by atoms with Crippen LogP contribution in [0.1, 0.15) is 38.8 Å². The fourth-order valence-electron chi connectivity index (χ4n) is 2.35. The van der Waals surface area contributed by atoms with Gasteiger partial charge in [0.05, 0.1) is 0 Å². The second kappa shape index (κ2) is 5.73. The van der Waals surface area contributed by atoms with E-state index in [1.165, 1.54) is 11.1 Å². The Kier molecular flexibility index (Phi) is 4.21. The molecule has 0 aromatic heterocycles.